The van der Waals surface area contributed by atoms with Crippen molar-refractivity contribution < 1.29 is 13.9 Å². The Kier molecular flexibility index (Phi) is 4.45. The van der Waals surface area contributed by atoms with E-state index in [1.165, 1.54) is 12.1 Å². The first kappa shape index (κ1) is 17.1. The van der Waals surface area contributed by atoms with Gasteiger partial charge in [-0.05, 0) is 49.9 Å². The SMILES string of the molecule is CSc1ccc(C2=C(c3ccc(F)cc3)C(=O)C(C)(C)O2)cc1Cl. The number of benzene rings is 2. The van der Waals surface area contributed by atoms with Crippen molar-refractivity contribution in [3.05, 3.63) is 64.4 Å². The molecule has 0 saturated heterocycles. The Bertz CT molecular complexity index is 841. The quantitative estimate of drug-likeness (QED) is 0.679. The summed E-state index contributed by atoms with van der Waals surface area (Å²) in [5, 5.41) is 0.603. The van der Waals surface area contributed by atoms with E-state index in [4.69, 9.17) is 16.3 Å². The largest absolute Gasteiger partial charge is 0.478 e. The Morgan fingerprint density at radius 3 is 2.29 bits per heavy atom. The van der Waals surface area contributed by atoms with Gasteiger partial charge in [0.25, 0.3) is 0 Å². The second kappa shape index (κ2) is 6.26. The smallest absolute Gasteiger partial charge is 0.210 e. The monoisotopic (exact) mass is 362 g/mol. The van der Waals surface area contributed by atoms with Crippen LogP contribution in [-0.2, 0) is 9.53 Å². The van der Waals surface area contributed by atoms with Crippen LogP contribution in [0.25, 0.3) is 11.3 Å². The fourth-order valence-corrected chi connectivity index (χ4v) is 3.52. The summed E-state index contributed by atoms with van der Waals surface area (Å²) in [4.78, 5) is 13.7. The lowest BCUT2D eigenvalue weighted by Crippen LogP contribution is -2.29. The molecule has 0 unspecified atom stereocenters. The molecular formula is C19H16ClFO2S. The van der Waals surface area contributed by atoms with Gasteiger partial charge in [-0.25, -0.2) is 4.39 Å². The van der Waals surface area contributed by atoms with Crippen molar-refractivity contribution in [3.63, 3.8) is 0 Å². The number of hydrogen-bond acceptors (Lipinski definition) is 3. The molecule has 0 bridgehead atoms. The first-order valence-corrected chi connectivity index (χ1v) is 9.01. The van der Waals surface area contributed by atoms with E-state index in [0.29, 0.717) is 21.9 Å². The average molecular weight is 363 g/mol. The van der Waals surface area contributed by atoms with Crippen molar-refractivity contribution in [1.29, 1.82) is 0 Å². The standard InChI is InChI=1S/C19H16ClFO2S/c1-19(2)18(22)16(11-4-7-13(21)8-5-11)17(23-19)12-6-9-15(24-3)14(20)10-12/h4-10H,1-3H3. The molecule has 3 rings (SSSR count). The van der Waals surface area contributed by atoms with Crippen molar-refractivity contribution in [3.8, 4) is 0 Å². The summed E-state index contributed by atoms with van der Waals surface area (Å²) in [5.74, 6) is -0.000715. The molecule has 1 heterocycles. The molecule has 2 nitrogen and oxygen atoms in total. The van der Waals surface area contributed by atoms with Crippen LogP contribution < -0.4 is 0 Å². The highest BCUT2D eigenvalue weighted by atomic mass is 35.5. The molecule has 0 saturated carbocycles. The van der Waals surface area contributed by atoms with Crippen LogP contribution >= 0.6 is 23.4 Å². The first-order valence-electron chi connectivity index (χ1n) is 7.41. The molecule has 24 heavy (non-hydrogen) atoms. The van der Waals surface area contributed by atoms with Crippen LogP contribution in [0.2, 0.25) is 5.02 Å². The van der Waals surface area contributed by atoms with Crippen LogP contribution in [0.15, 0.2) is 47.4 Å². The van der Waals surface area contributed by atoms with Gasteiger partial charge in [-0.2, -0.15) is 0 Å². The third-order valence-corrected chi connectivity index (χ3v) is 5.13. The Hall–Kier alpha value is -1.78. The second-order valence-electron chi connectivity index (χ2n) is 6.00. The fourth-order valence-electron chi connectivity index (χ4n) is 2.65. The highest BCUT2D eigenvalue weighted by Crippen LogP contribution is 2.42. The van der Waals surface area contributed by atoms with E-state index >= 15 is 0 Å². The number of halogens is 2. The van der Waals surface area contributed by atoms with Gasteiger partial charge >= 0.3 is 0 Å². The topological polar surface area (TPSA) is 26.3 Å². The third-order valence-electron chi connectivity index (χ3n) is 3.91. The van der Waals surface area contributed by atoms with Crippen LogP contribution in [0.5, 0.6) is 0 Å². The summed E-state index contributed by atoms with van der Waals surface area (Å²) in [5.41, 5.74) is 0.847. The number of hydrogen-bond donors (Lipinski definition) is 0. The lowest BCUT2D eigenvalue weighted by molar-refractivity contribution is -0.125. The molecule has 1 aliphatic heterocycles. The third kappa shape index (κ3) is 2.96. The molecule has 0 fully saturated rings. The average Bonchev–Trinajstić information content (AvgIpc) is 2.79. The minimum atomic E-state index is -0.969. The molecule has 124 valence electrons. The number of carbonyl (C=O) groups excluding carboxylic acids is 1. The Labute approximate surface area is 149 Å². The molecule has 0 aromatic heterocycles. The van der Waals surface area contributed by atoms with E-state index in [1.807, 2.05) is 18.4 Å². The number of thioether (sulfide) groups is 1. The number of rotatable bonds is 3. The maximum Gasteiger partial charge on any atom is 0.210 e. The van der Waals surface area contributed by atoms with E-state index in [1.54, 1.807) is 43.8 Å². The van der Waals surface area contributed by atoms with E-state index in [9.17, 15) is 9.18 Å². The molecule has 0 atom stereocenters. The minimum Gasteiger partial charge on any atom is -0.478 e. The molecule has 0 radical (unpaired) electrons. The molecule has 1 aliphatic rings. The van der Waals surface area contributed by atoms with Gasteiger partial charge in [0.15, 0.2) is 5.60 Å². The number of ether oxygens (including phenoxy) is 1. The van der Waals surface area contributed by atoms with E-state index < -0.39 is 5.60 Å². The predicted octanol–water partition coefficient (Wildman–Crippen LogP) is 5.45. The Morgan fingerprint density at radius 1 is 1.08 bits per heavy atom. The van der Waals surface area contributed by atoms with Gasteiger partial charge in [-0.15, -0.1) is 11.8 Å². The maximum absolute atomic E-state index is 13.2. The summed E-state index contributed by atoms with van der Waals surface area (Å²) in [6.45, 7) is 3.45. The minimum absolute atomic E-state index is 0.130. The Balaban J connectivity index is 2.18. The fraction of sp³-hybridized carbons (Fsp3) is 0.211. The van der Waals surface area contributed by atoms with Crippen LogP contribution in [0, 0.1) is 5.82 Å². The molecule has 0 N–H and O–H groups in total. The maximum atomic E-state index is 13.2. The zero-order valence-electron chi connectivity index (χ0n) is 13.5. The second-order valence-corrected chi connectivity index (χ2v) is 7.26. The summed E-state index contributed by atoms with van der Waals surface area (Å²) < 4.78 is 19.2. The van der Waals surface area contributed by atoms with Crippen molar-refractivity contribution in [2.75, 3.05) is 6.26 Å². The van der Waals surface area contributed by atoms with Gasteiger partial charge in [0.05, 0.1) is 10.6 Å². The Morgan fingerprint density at radius 2 is 1.71 bits per heavy atom. The van der Waals surface area contributed by atoms with Gasteiger partial charge in [0, 0.05) is 10.5 Å². The van der Waals surface area contributed by atoms with Crippen molar-refractivity contribution >= 4 is 40.5 Å². The van der Waals surface area contributed by atoms with Crippen LogP contribution in [0.1, 0.15) is 25.0 Å². The number of Topliss-reactive ketones (excluding diaryl/α,β-unsaturated/α-hetero) is 1. The van der Waals surface area contributed by atoms with E-state index in [-0.39, 0.29) is 11.6 Å². The van der Waals surface area contributed by atoms with Crippen molar-refractivity contribution in [2.45, 2.75) is 24.3 Å². The van der Waals surface area contributed by atoms with Crippen molar-refractivity contribution in [1.82, 2.24) is 0 Å². The molecule has 0 amide bonds. The van der Waals surface area contributed by atoms with E-state index in [2.05, 4.69) is 0 Å². The van der Waals surface area contributed by atoms with Crippen molar-refractivity contribution in [2.24, 2.45) is 0 Å². The van der Waals surface area contributed by atoms with Gasteiger partial charge in [0.2, 0.25) is 5.78 Å². The zero-order valence-corrected chi connectivity index (χ0v) is 15.1. The lowest BCUT2D eigenvalue weighted by Gasteiger charge is -2.18. The van der Waals surface area contributed by atoms with E-state index in [0.717, 1.165) is 10.5 Å². The summed E-state index contributed by atoms with van der Waals surface area (Å²) >= 11 is 7.84. The number of carbonyl (C=O) groups is 1. The van der Waals surface area contributed by atoms with Crippen LogP contribution in [0.4, 0.5) is 4.39 Å². The van der Waals surface area contributed by atoms with Gasteiger partial charge in [-0.3, -0.25) is 4.79 Å². The van der Waals surface area contributed by atoms with Gasteiger partial charge < -0.3 is 4.74 Å². The molecule has 2 aromatic rings. The van der Waals surface area contributed by atoms with Crippen LogP contribution in [-0.4, -0.2) is 17.6 Å². The highest BCUT2D eigenvalue weighted by molar-refractivity contribution is 7.98. The zero-order chi connectivity index (χ0) is 17.5. The summed E-state index contributed by atoms with van der Waals surface area (Å²) in [6.07, 6.45) is 1.95. The molecule has 0 spiro atoms. The normalized spacial score (nSPS) is 16.5. The molecular weight excluding hydrogens is 347 g/mol. The molecule has 0 aliphatic carbocycles. The first-order chi connectivity index (χ1) is 11.3. The van der Waals surface area contributed by atoms with Gasteiger partial charge in [-0.1, -0.05) is 29.8 Å². The summed E-state index contributed by atoms with van der Waals surface area (Å²) in [6, 6.07) is 11.4. The highest BCUT2D eigenvalue weighted by Gasteiger charge is 2.42. The molecule has 5 heteroatoms. The summed E-state index contributed by atoms with van der Waals surface area (Å²) in [7, 11) is 0. The number of ketones is 1. The lowest BCUT2D eigenvalue weighted by atomic mass is 9.92. The van der Waals surface area contributed by atoms with Gasteiger partial charge in [0.1, 0.15) is 11.6 Å². The van der Waals surface area contributed by atoms with Crippen LogP contribution in [0.3, 0.4) is 0 Å². The predicted molar refractivity (Wildman–Crippen MR) is 96.6 cm³/mol. The molecule has 2 aromatic carbocycles.